The topological polar surface area (TPSA) is 75.3 Å². The fraction of sp³-hybridized carbons (Fsp3) is 0.0714. The molecule has 0 atom stereocenters. The van der Waals surface area contributed by atoms with Gasteiger partial charge in [-0.2, -0.15) is 0 Å². The van der Waals surface area contributed by atoms with Crippen LogP contribution >= 0.6 is 11.6 Å². The zero-order valence-electron chi connectivity index (χ0n) is 10.9. The van der Waals surface area contributed by atoms with Gasteiger partial charge in [-0.25, -0.2) is 17.9 Å². The van der Waals surface area contributed by atoms with Crippen molar-refractivity contribution in [3.05, 3.63) is 65.2 Å². The molecule has 7 heteroatoms. The monoisotopic (exact) mass is 324 g/mol. The molecule has 0 spiro atoms. The SMILES string of the molecule is O=C(Nc1ccc(Cl)cc1)NS(=O)(=O)Cc1ccccc1. The Morgan fingerprint density at radius 1 is 1.00 bits per heavy atom. The first kappa shape index (κ1) is 15.3. The number of rotatable bonds is 4. The van der Waals surface area contributed by atoms with Crippen LogP contribution in [-0.4, -0.2) is 14.4 Å². The zero-order chi connectivity index (χ0) is 15.3. The number of hydrogen-bond acceptors (Lipinski definition) is 3. The van der Waals surface area contributed by atoms with Gasteiger partial charge < -0.3 is 5.32 Å². The van der Waals surface area contributed by atoms with Gasteiger partial charge in [0.15, 0.2) is 0 Å². The number of carbonyl (C=O) groups excluding carboxylic acids is 1. The maximum Gasteiger partial charge on any atom is 0.332 e. The minimum Gasteiger partial charge on any atom is -0.307 e. The maximum absolute atomic E-state index is 11.9. The number of amides is 2. The first-order chi connectivity index (χ1) is 9.94. The third-order valence-corrected chi connectivity index (χ3v) is 4.01. The fourth-order valence-electron chi connectivity index (χ4n) is 1.66. The molecule has 110 valence electrons. The van der Waals surface area contributed by atoms with Gasteiger partial charge in [0, 0.05) is 10.7 Å². The van der Waals surface area contributed by atoms with E-state index in [1.807, 2.05) is 4.72 Å². The predicted octanol–water partition coefficient (Wildman–Crippen LogP) is 2.99. The molecule has 0 unspecified atom stereocenters. The first-order valence-electron chi connectivity index (χ1n) is 6.05. The van der Waals surface area contributed by atoms with E-state index >= 15 is 0 Å². The lowest BCUT2D eigenvalue weighted by molar-refractivity contribution is 0.256. The van der Waals surface area contributed by atoms with Crippen LogP contribution in [0.15, 0.2) is 54.6 Å². The van der Waals surface area contributed by atoms with Crippen LogP contribution in [0.1, 0.15) is 5.56 Å². The van der Waals surface area contributed by atoms with E-state index in [0.717, 1.165) is 0 Å². The van der Waals surface area contributed by atoms with Crippen molar-refractivity contribution in [2.45, 2.75) is 5.75 Å². The average molecular weight is 325 g/mol. The molecule has 0 aliphatic carbocycles. The first-order valence-corrected chi connectivity index (χ1v) is 8.09. The van der Waals surface area contributed by atoms with Crippen LogP contribution in [0, 0.1) is 0 Å². The predicted molar refractivity (Wildman–Crippen MR) is 82.7 cm³/mol. The van der Waals surface area contributed by atoms with Gasteiger partial charge in [-0.3, -0.25) is 0 Å². The highest BCUT2D eigenvalue weighted by Gasteiger charge is 2.15. The molecule has 0 aromatic heterocycles. The van der Waals surface area contributed by atoms with Gasteiger partial charge in [-0.05, 0) is 29.8 Å². The molecular weight excluding hydrogens is 312 g/mol. The van der Waals surface area contributed by atoms with Crippen LogP contribution in [0.3, 0.4) is 0 Å². The largest absolute Gasteiger partial charge is 0.332 e. The second-order valence-corrected chi connectivity index (χ2v) is 6.47. The molecule has 0 heterocycles. The molecule has 21 heavy (non-hydrogen) atoms. The molecule has 0 radical (unpaired) electrons. The summed E-state index contributed by atoms with van der Waals surface area (Å²) < 4.78 is 25.7. The van der Waals surface area contributed by atoms with Crippen LogP contribution in [0.2, 0.25) is 5.02 Å². The van der Waals surface area contributed by atoms with Gasteiger partial charge in [-0.1, -0.05) is 41.9 Å². The average Bonchev–Trinajstić information content (AvgIpc) is 2.41. The molecule has 0 bridgehead atoms. The van der Waals surface area contributed by atoms with E-state index in [0.29, 0.717) is 16.3 Å². The molecular formula is C14H13ClN2O3S. The summed E-state index contributed by atoms with van der Waals surface area (Å²) in [6.07, 6.45) is 0. The second kappa shape index (κ2) is 6.60. The molecule has 0 aliphatic heterocycles. The summed E-state index contributed by atoms with van der Waals surface area (Å²) in [5.41, 5.74) is 1.05. The van der Waals surface area contributed by atoms with Crippen LogP contribution in [-0.2, 0) is 15.8 Å². The summed E-state index contributed by atoms with van der Waals surface area (Å²) in [5.74, 6) is -0.262. The van der Waals surface area contributed by atoms with Gasteiger partial charge in [-0.15, -0.1) is 0 Å². The van der Waals surface area contributed by atoms with E-state index in [4.69, 9.17) is 11.6 Å². The van der Waals surface area contributed by atoms with Gasteiger partial charge in [0.2, 0.25) is 10.0 Å². The van der Waals surface area contributed by atoms with E-state index in [9.17, 15) is 13.2 Å². The molecule has 2 amide bonds. The summed E-state index contributed by atoms with van der Waals surface area (Å²) in [7, 11) is -3.75. The third-order valence-electron chi connectivity index (χ3n) is 2.55. The van der Waals surface area contributed by atoms with Crippen LogP contribution in [0.25, 0.3) is 0 Å². The van der Waals surface area contributed by atoms with E-state index in [1.165, 1.54) is 0 Å². The quantitative estimate of drug-likeness (QED) is 0.907. The lowest BCUT2D eigenvalue weighted by Crippen LogP contribution is -2.35. The molecule has 0 fully saturated rings. The minimum absolute atomic E-state index is 0.262. The summed E-state index contributed by atoms with van der Waals surface area (Å²) >= 11 is 5.72. The van der Waals surface area contributed by atoms with Crippen LogP contribution in [0.4, 0.5) is 10.5 Å². The van der Waals surface area contributed by atoms with Crippen molar-refractivity contribution in [3.63, 3.8) is 0 Å². The zero-order valence-corrected chi connectivity index (χ0v) is 12.5. The number of urea groups is 1. The van der Waals surface area contributed by atoms with Gasteiger partial charge in [0.1, 0.15) is 0 Å². The molecule has 5 nitrogen and oxygen atoms in total. The van der Waals surface area contributed by atoms with E-state index in [2.05, 4.69) is 5.32 Å². The number of carbonyl (C=O) groups is 1. The van der Waals surface area contributed by atoms with Crippen LogP contribution < -0.4 is 10.0 Å². The summed E-state index contributed by atoms with van der Waals surface area (Å²) in [6, 6.07) is 14.1. The number of benzene rings is 2. The lowest BCUT2D eigenvalue weighted by atomic mass is 10.2. The smallest absolute Gasteiger partial charge is 0.307 e. The number of halogens is 1. The van der Waals surface area contributed by atoms with Crippen molar-refractivity contribution < 1.29 is 13.2 Å². The van der Waals surface area contributed by atoms with Gasteiger partial charge >= 0.3 is 6.03 Å². The Kier molecular flexibility index (Phi) is 4.82. The Hall–Kier alpha value is -2.05. The third kappa shape index (κ3) is 5.09. The van der Waals surface area contributed by atoms with E-state index in [1.54, 1.807) is 54.6 Å². The number of nitrogens with one attached hydrogen (secondary N) is 2. The summed E-state index contributed by atoms with van der Waals surface area (Å²) in [5, 5.41) is 2.95. The Morgan fingerprint density at radius 2 is 1.62 bits per heavy atom. The van der Waals surface area contributed by atoms with Crippen molar-refractivity contribution in [1.82, 2.24) is 4.72 Å². The van der Waals surface area contributed by atoms with E-state index < -0.39 is 16.1 Å². The van der Waals surface area contributed by atoms with Gasteiger partial charge in [0.05, 0.1) is 5.75 Å². The number of hydrogen-bond donors (Lipinski definition) is 2. The normalized spacial score (nSPS) is 10.9. The Bertz CT molecular complexity index is 716. The van der Waals surface area contributed by atoms with Crippen LogP contribution in [0.5, 0.6) is 0 Å². The standard InChI is InChI=1S/C14H13ClN2O3S/c15-12-6-8-13(9-7-12)16-14(18)17-21(19,20)10-11-4-2-1-3-5-11/h1-9H,10H2,(H2,16,17,18). The number of sulfonamides is 1. The Labute approximate surface area is 128 Å². The van der Waals surface area contributed by atoms with Crippen molar-refractivity contribution in [3.8, 4) is 0 Å². The molecule has 0 saturated carbocycles. The highest BCUT2D eigenvalue weighted by atomic mass is 35.5. The van der Waals surface area contributed by atoms with Crippen molar-refractivity contribution in [2.24, 2.45) is 0 Å². The Morgan fingerprint density at radius 3 is 2.24 bits per heavy atom. The van der Waals surface area contributed by atoms with E-state index in [-0.39, 0.29) is 5.75 Å². The fourth-order valence-corrected chi connectivity index (χ4v) is 2.82. The minimum atomic E-state index is -3.75. The molecule has 0 saturated heterocycles. The highest BCUT2D eigenvalue weighted by molar-refractivity contribution is 7.89. The lowest BCUT2D eigenvalue weighted by Gasteiger charge is -2.08. The molecule has 2 N–H and O–H groups in total. The Balaban J connectivity index is 1.96. The molecule has 2 rings (SSSR count). The number of anilines is 1. The van der Waals surface area contributed by atoms with Crippen molar-refractivity contribution in [2.75, 3.05) is 5.32 Å². The summed E-state index contributed by atoms with van der Waals surface area (Å²) in [4.78, 5) is 11.7. The van der Waals surface area contributed by atoms with Crippen molar-refractivity contribution in [1.29, 1.82) is 0 Å². The molecule has 0 aliphatic rings. The molecule has 2 aromatic rings. The summed E-state index contributed by atoms with van der Waals surface area (Å²) in [6.45, 7) is 0. The highest BCUT2D eigenvalue weighted by Crippen LogP contribution is 2.13. The maximum atomic E-state index is 11.9. The van der Waals surface area contributed by atoms with Crippen molar-refractivity contribution >= 4 is 33.3 Å². The second-order valence-electron chi connectivity index (χ2n) is 4.31. The molecule has 2 aromatic carbocycles. The van der Waals surface area contributed by atoms with Gasteiger partial charge in [0.25, 0.3) is 0 Å².